The van der Waals surface area contributed by atoms with Crippen LogP contribution in [0.5, 0.6) is 5.75 Å². The van der Waals surface area contributed by atoms with Crippen LogP contribution in [0.1, 0.15) is 55.4 Å². The van der Waals surface area contributed by atoms with Gasteiger partial charge in [-0.1, -0.05) is 19.9 Å². The van der Waals surface area contributed by atoms with E-state index in [1.807, 2.05) is 13.0 Å². The number of allylic oxidation sites excluding steroid dienone is 1. The fourth-order valence-corrected chi connectivity index (χ4v) is 5.44. The van der Waals surface area contributed by atoms with Crippen molar-refractivity contribution in [3.05, 3.63) is 45.2 Å². The molecule has 7 heteroatoms. The minimum absolute atomic E-state index is 0.0586. The Balaban J connectivity index is 1.95. The molecule has 164 valence electrons. The minimum atomic E-state index is -2.45. The first-order chi connectivity index (χ1) is 14.6. The van der Waals surface area contributed by atoms with Gasteiger partial charge in [-0.3, -0.25) is 14.4 Å². The zero-order valence-corrected chi connectivity index (χ0v) is 17.8. The Morgan fingerprint density at radius 2 is 1.84 bits per heavy atom. The lowest BCUT2D eigenvalue weighted by molar-refractivity contribution is -0.147. The van der Waals surface area contributed by atoms with E-state index in [-0.39, 0.29) is 36.1 Å². The van der Waals surface area contributed by atoms with Crippen molar-refractivity contribution in [3.63, 3.8) is 0 Å². The number of hydrogen-bond acceptors (Lipinski definition) is 7. The van der Waals surface area contributed by atoms with E-state index in [9.17, 15) is 34.8 Å². The Kier molecular flexibility index (Phi) is 4.85. The smallest absolute Gasteiger partial charge is 0.202 e. The quantitative estimate of drug-likeness (QED) is 0.546. The molecule has 3 atom stereocenters. The summed E-state index contributed by atoms with van der Waals surface area (Å²) in [4.78, 5) is 38.3. The summed E-state index contributed by atoms with van der Waals surface area (Å²) in [5, 5.41) is 43.7. The number of fused-ring (bicyclic) bond motifs is 3. The average molecular weight is 426 g/mol. The Morgan fingerprint density at radius 1 is 1.16 bits per heavy atom. The number of phenolic OH excluding ortho intramolecular Hbond substituents is 1. The molecule has 1 fully saturated rings. The van der Waals surface area contributed by atoms with E-state index in [4.69, 9.17) is 0 Å². The second-order valence-corrected chi connectivity index (χ2v) is 8.73. The van der Waals surface area contributed by atoms with Gasteiger partial charge in [0.15, 0.2) is 17.2 Å². The van der Waals surface area contributed by atoms with Crippen molar-refractivity contribution in [2.24, 2.45) is 11.8 Å². The minimum Gasteiger partial charge on any atom is -0.508 e. The summed E-state index contributed by atoms with van der Waals surface area (Å²) in [7, 11) is 0. The van der Waals surface area contributed by atoms with E-state index in [1.54, 1.807) is 6.92 Å². The number of aryl methyl sites for hydroxylation is 2. The maximum Gasteiger partial charge on any atom is 0.202 e. The molecule has 0 unspecified atom stereocenters. The molecule has 0 heterocycles. The molecule has 7 nitrogen and oxygen atoms in total. The Hall–Kier alpha value is -2.93. The summed E-state index contributed by atoms with van der Waals surface area (Å²) in [5.41, 5.74) is -0.615. The van der Waals surface area contributed by atoms with Gasteiger partial charge in [0, 0.05) is 24.3 Å². The van der Waals surface area contributed by atoms with E-state index >= 15 is 0 Å². The van der Waals surface area contributed by atoms with Crippen LogP contribution in [0, 0.1) is 18.8 Å². The van der Waals surface area contributed by atoms with Gasteiger partial charge in [-0.25, -0.2) is 0 Å². The lowest BCUT2D eigenvalue weighted by Crippen LogP contribution is -2.58. The maximum atomic E-state index is 13.5. The molecule has 0 amide bonds. The number of phenols is 1. The summed E-state index contributed by atoms with van der Waals surface area (Å²) in [5.74, 6) is -4.96. The van der Waals surface area contributed by atoms with E-state index in [2.05, 4.69) is 0 Å². The van der Waals surface area contributed by atoms with Gasteiger partial charge in [0.2, 0.25) is 5.78 Å². The van der Waals surface area contributed by atoms with Crippen LogP contribution >= 0.6 is 0 Å². The number of aliphatic hydroxyl groups is 3. The number of ketones is 3. The molecule has 1 aromatic rings. The number of carbonyl (C=O) groups excluding carboxylic acids is 3. The third-order valence-corrected chi connectivity index (χ3v) is 7.08. The number of carbonyl (C=O) groups is 3. The lowest BCUT2D eigenvalue weighted by Gasteiger charge is -2.46. The Labute approximate surface area is 179 Å². The predicted molar refractivity (Wildman–Crippen MR) is 112 cm³/mol. The fourth-order valence-electron chi connectivity index (χ4n) is 5.44. The first-order valence-electron chi connectivity index (χ1n) is 10.6. The van der Waals surface area contributed by atoms with Gasteiger partial charge in [-0.2, -0.15) is 0 Å². The summed E-state index contributed by atoms with van der Waals surface area (Å²) in [6.07, 6.45) is 0.928. The van der Waals surface area contributed by atoms with Gasteiger partial charge in [0.1, 0.15) is 22.8 Å². The normalized spacial score (nSPS) is 27.7. The molecule has 0 spiro atoms. The number of benzene rings is 1. The molecule has 1 saturated carbocycles. The van der Waals surface area contributed by atoms with Crippen LogP contribution in [-0.2, 0) is 27.2 Å². The van der Waals surface area contributed by atoms with Crippen LogP contribution < -0.4 is 0 Å². The van der Waals surface area contributed by atoms with E-state index in [0.29, 0.717) is 18.4 Å². The highest BCUT2D eigenvalue weighted by Gasteiger charge is 2.60. The number of aromatic hydroxyl groups is 1. The van der Waals surface area contributed by atoms with Crippen LogP contribution in [0.3, 0.4) is 0 Å². The van der Waals surface area contributed by atoms with Crippen molar-refractivity contribution in [2.75, 3.05) is 0 Å². The number of aliphatic hydroxyl groups excluding tert-OH is 2. The van der Waals surface area contributed by atoms with Crippen LogP contribution in [0.2, 0.25) is 0 Å². The number of hydrogen-bond donors (Lipinski definition) is 4. The topological polar surface area (TPSA) is 132 Å². The maximum absolute atomic E-state index is 13.5. The van der Waals surface area contributed by atoms with E-state index < -0.39 is 51.9 Å². The second kappa shape index (κ2) is 7.05. The standard InChI is InChI=1S/C24H26O7/c1-4-11-6-10(3)20(27)18-14(11)8-12-7-13-9-16(26)19(15(25)5-2)23(30)24(13,31)22(29)17(12)21(18)28/h6,12-13,27-28,30-31H,4-5,7-9H2,1-3H3/t12-,13+,24+/m1/s1. The number of rotatable bonds is 3. The first-order valence-corrected chi connectivity index (χ1v) is 10.6. The van der Waals surface area contributed by atoms with Crippen molar-refractivity contribution < 1.29 is 34.8 Å². The summed E-state index contributed by atoms with van der Waals surface area (Å²) >= 11 is 0. The summed E-state index contributed by atoms with van der Waals surface area (Å²) < 4.78 is 0. The molecule has 0 bridgehead atoms. The Morgan fingerprint density at radius 3 is 2.45 bits per heavy atom. The van der Waals surface area contributed by atoms with Crippen molar-refractivity contribution in [3.8, 4) is 5.75 Å². The van der Waals surface area contributed by atoms with Gasteiger partial charge < -0.3 is 20.4 Å². The van der Waals surface area contributed by atoms with Gasteiger partial charge in [-0.15, -0.1) is 0 Å². The fraction of sp³-hybridized carbons (Fsp3) is 0.458. The molecular formula is C24H26O7. The SMILES string of the molecule is CCC(=O)C1=C(O)[C@@]2(O)C(=O)C3=C(O)c4c(O)c(C)cc(CC)c4C[C@H]3C[C@H]2CC1=O. The van der Waals surface area contributed by atoms with Crippen LogP contribution in [-0.4, -0.2) is 43.4 Å². The van der Waals surface area contributed by atoms with Crippen molar-refractivity contribution in [1.82, 2.24) is 0 Å². The molecule has 3 aliphatic rings. The zero-order chi connectivity index (χ0) is 22.8. The van der Waals surface area contributed by atoms with Crippen molar-refractivity contribution >= 4 is 23.1 Å². The molecule has 0 radical (unpaired) electrons. The monoisotopic (exact) mass is 426 g/mol. The van der Waals surface area contributed by atoms with Crippen molar-refractivity contribution in [2.45, 2.75) is 58.5 Å². The third-order valence-electron chi connectivity index (χ3n) is 7.08. The molecule has 0 aliphatic heterocycles. The molecule has 0 aromatic heterocycles. The van der Waals surface area contributed by atoms with Crippen molar-refractivity contribution in [1.29, 1.82) is 0 Å². The summed E-state index contributed by atoms with van der Waals surface area (Å²) in [6.45, 7) is 5.19. The number of Topliss-reactive ketones (excluding diaryl/α,β-unsaturated/α-hetero) is 3. The molecule has 0 saturated heterocycles. The highest BCUT2D eigenvalue weighted by molar-refractivity contribution is 6.23. The molecule has 1 aromatic carbocycles. The lowest BCUT2D eigenvalue weighted by atomic mass is 9.59. The predicted octanol–water partition coefficient (Wildman–Crippen LogP) is 2.79. The van der Waals surface area contributed by atoms with Gasteiger partial charge in [-0.05, 0) is 48.8 Å². The molecule has 4 N–H and O–H groups in total. The van der Waals surface area contributed by atoms with Crippen LogP contribution in [0.25, 0.3) is 5.76 Å². The largest absolute Gasteiger partial charge is 0.508 e. The molecule has 4 rings (SSSR count). The Bertz CT molecular complexity index is 1110. The van der Waals surface area contributed by atoms with E-state index in [0.717, 1.165) is 11.1 Å². The van der Waals surface area contributed by atoms with Crippen LogP contribution in [0.4, 0.5) is 0 Å². The highest BCUT2D eigenvalue weighted by Crippen LogP contribution is 2.52. The van der Waals surface area contributed by atoms with Crippen LogP contribution in [0.15, 0.2) is 23.0 Å². The van der Waals surface area contributed by atoms with Gasteiger partial charge in [0.25, 0.3) is 0 Å². The average Bonchev–Trinajstić information content (AvgIpc) is 2.72. The highest BCUT2D eigenvalue weighted by atomic mass is 16.3. The molecular weight excluding hydrogens is 400 g/mol. The first kappa shape index (κ1) is 21.3. The summed E-state index contributed by atoms with van der Waals surface area (Å²) in [6, 6.07) is 1.86. The zero-order valence-electron chi connectivity index (χ0n) is 17.8. The van der Waals surface area contributed by atoms with Gasteiger partial charge in [0.05, 0.1) is 5.56 Å². The molecule has 31 heavy (non-hydrogen) atoms. The van der Waals surface area contributed by atoms with E-state index in [1.165, 1.54) is 6.92 Å². The third kappa shape index (κ3) is 2.72. The van der Waals surface area contributed by atoms with Gasteiger partial charge >= 0.3 is 0 Å². The second-order valence-electron chi connectivity index (χ2n) is 8.73. The molecule has 3 aliphatic carbocycles.